The number of aromatic nitrogens is 4. The van der Waals surface area contributed by atoms with E-state index in [1.165, 1.54) is 5.56 Å². The first-order valence-electron chi connectivity index (χ1n) is 8.35. The smallest absolute Gasteiger partial charge is 0.262 e. The molecule has 0 amide bonds. The van der Waals surface area contributed by atoms with Crippen LogP contribution in [0.15, 0.2) is 40.5 Å². The highest BCUT2D eigenvalue weighted by Gasteiger charge is 2.13. The van der Waals surface area contributed by atoms with Crippen molar-refractivity contribution >= 4 is 34.3 Å². The molecule has 25 heavy (non-hydrogen) atoms. The van der Waals surface area contributed by atoms with Crippen LogP contribution in [0.25, 0.3) is 10.9 Å². The number of hydrogen-bond donors (Lipinski definition) is 1. The van der Waals surface area contributed by atoms with Crippen molar-refractivity contribution in [3.8, 4) is 0 Å². The summed E-state index contributed by atoms with van der Waals surface area (Å²) in [5.41, 5.74) is 1.88. The van der Waals surface area contributed by atoms with Crippen molar-refractivity contribution < 1.29 is 0 Å². The van der Waals surface area contributed by atoms with Gasteiger partial charge in [0.1, 0.15) is 0 Å². The maximum absolute atomic E-state index is 12.9. The molecule has 0 aliphatic carbocycles. The van der Waals surface area contributed by atoms with Gasteiger partial charge in [-0.15, -0.1) is 0 Å². The number of nitrogens with one attached hydrogen (secondary N) is 1. The Bertz CT molecular complexity index is 905. The maximum Gasteiger partial charge on any atom is 0.262 e. The van der Waals surface area contributed by atoms with Crippen LogP contribution in [0.3, 0.4) is 0 Å². The van der Waals surface area contributed by atoms with Crippen molar-refractivity contribution in [3.05, 3.63) is 51.5 Å². The molecule has 0 saturated carbocycles. The first-order valence-corrected chi connectivity index (χ1v) is 9.71. The first-order chi connectivity index (χ1) is 12.0. The normalized spacial score (nSPS) is 11.5. The zero-order valence-corrected chi connectivity index (χ0v) is 15.9. The van der Waals surface area contributed by atoms with Crippen LogP contribution in [0.4, 0.5) is 0 Å². The van der Waals surface area contributed by atoms with Gasteiger partial charge in [0.05, 0.1) is 17.1 Å². The fraction of sp³-hybridized carbons (Fsp3) is 0.389. The molecular formula is C18H21ClN4OS. The van der Waals surface area contributed by atoms with E-state index >= 15 is 0 Å². The Morgan fingerprint density at radius 2 is 2.20 bits per heavy atom. The molecule has 3 rings (SSSR count). The van der Waals surface area contributed by atoms with E-state index in [9.17, 15) is 4.79 Å². The van der Waals surface area contributed by atoms with Crippen LogP contribution in [0.5, 0.6) is 0 Å². The molecule has 0 aliphatic rings. The molecule has 0 aliphatic heterocycles. The largest absolute Gasteiger partial charge is 0.287 e. The Morgan fingerprint density at radius 1 is 1.36 bits per heavy atom. The molecule has 132 valence electrons. The lowest BCUT2D eigenvalue weighted by Crippen LogP contribution is -2.25. The van der Waals surface area contributed by atoms with Gasteiger partial charge in [-0.05, 0) is 42.5 Å². The number of benzene rings is 1. The second-order valence-electron chi connectivity index (χ2n) is 6.42. The monoisotopic (exact) mass is 376 g/mol. The van der Waals surface area contributed by atoms with Crippen LogP contribution in [0.2, 0.25) is 5.02 Å². The van der Waals surface area contributed by atoms with Gasteiger partial charge < -0.3 is 0 Å². The number of aromatic amines is 1. The van der Waals surface area contributed by atoms with Crippen molar-refractivity contribution in [1.82, 2.24) is 19.7 Å². The number of H-pyrrole nitrogens is 1. The summed E-state index contributed by atoms with van der Waals surface area (Å²) in [7, 11) is 0. The Labute approximate surface area is 155 Å². The highest BCUT2D eigenvalue weighted by atomic mass is 35.5. The number of thioether (sulfide) groups is 1. The van der Waals surface area contributed by atoms with Crippen LogP contribution in [-0.2, 0) is 13.0 Å². The summed E-state index contributed by atoms with van der Waals surface area (Å²) >= 11 is 7.68. The van der Waals surface area contributed by atoms with E-state index in [-0.39, 0.29) is 5.56 Å². The molecule has 0 atom stereocenters. The molecular weight excluding hydrogens is 356 g/mol. The van der Waals surface area contributed by atoms with Gasteiger partial charge in [0, 0.05) is 23.5 Å². The maximum atomic E-state index is 12.9. The molecule has 1 aromatic carbocycles. The van der Waals surface area contributed by atoms with E-state index in [0.29, 0.717) is 28.4 Å². The summed E-state index contributed by atoms with van der Waals surface area (Å²) in [5, 5.41) is 8.70. The fourth-order valence-electron chi connectivity index (χ4n) is 2.66. The lowest BCUT2D eigenvalue weighted by molar-refractivity contribution is 0.475. The molecule has 5 nitrogen and oxygen atoms in total. The second-order valence-corrected chi connectivity index (χ2v) is 7.92. The second kappa shape index (κ2) is 8.06. The standard InChI is InChI=1S/C18H21ClN4OS/c1-12(2)11-23-17(24)15-8-14(19)5-6-16(15)22-18(23)25-7-3-4-13-9-20-21-10-13/h5-6,8-10,12H,3-4,7,11H2,1-2H3,(H,20,21). The van der Waals surface area contributed by atoms with Gasteiger partial charge >= 0.3 is 0 Å². The van der Waals surface area contributed by atoms with E-state index < -0.39 is 0 Å². The molecule has 2 aromatic heterocycles. The Morgan fingerprint density at radius 3 is 2.92 bits per heavy atom. The van der Waals surface area contributed by atoms with Gasteiger partial charge in [-0.1, -0.05) is 37.2 Å². The highest BCUT2D eigenvalue weighted by molar-refractivity contribution is 7.99. The summed E-state index contributed by atoms with van der Waals surface area (Å²) < 4.78 is 1.78. The Balaban J connectivity index is 1.84. The van der Waals surface area contributed by atoms with Crippen LogP contribution in [-0.4, -0.2) is 25.5 Å². The Hall–Kier alpha value is -1.79. The van der Waals surface area contributed by atoms with Gasteiger partial charge in [-0.2, -0.15) is 5.10 Å². The minimum atomic E-state index is -0.0152. The van der Waals surface area contributed by atoms with E-state index in [0.717, 1.165) is 23.8 Å². The van der Waals surface area contributed by atoms with Crippen molar-refractivity contribution in [1.29, 1.82) is 0 Å². The average molecular weight is 377 g/mol. The third-order valence-corrected chi connectivity index (χ3v) is 5.12. The van der Waals surface area contributed by atoms with Crippen LogP contribution < -0.4 is 5.56 Å². The number of halogens is 1. The first kappa shape index (κ1) is 18.0. The van der Waals surface area contributed by atoms with Crippen molar-refractivity contribution in [2.24, 2.45) is 5.92 Å². The zero-order valence-electron chi connectivity index (χ0n) is 14.3. The van der Waals surface area contributed by atoms with Crippen LogP contribution in [0, 0.1) is 5.92 Å². The molecule has 0 saturated heterocycles. The van der Waals surface area contributed by atoms with E-state index in [1.54, 1.807) is 28.5 Å². The van der Waals surface area contributed by atoms with Gasteiger partial charge in [0.15, 0.2) is 5.16 Å². The highest BCUT2D eigenvalue weighted by Crippen LogP contribution is 2.22. The minimum absolute atomic E-state index is 0.0152. The minimum Gasteiger partial charge on any atom is -0.287 e. The fourth-order valence-corrected chi connectivity index (χ4v) is 3.78. The van der Waals surface area contributed by atoms with Crippen molar-refractivity contribution in [2.75, 3.05) is 5.75 Å². The number of nitrogens with zero attached hydrogens (tertiary/aromatic N) is 3. The predicted octanol–water partition coefficient (Wildman–Crippen LogP) is 4.15. The number of aryl methyl sites for hydroxylation is 1. The quantitative estimate of drug-likeness (QED) is 0.382. The molecule has 0 bridgehead atoms. The van der Waals surface area contributed by atoms with Crippen molar-refractivity contribution in [3.63, 3.8) is 0 Å². The predicted molar refractivity (Wildman–Crippen MR) is 103 cm³/mol. The Kier molecular flexibility index (Phi) is 5.81. The topological polar surface area (TPSA) is 63.6 Å². The van der Waals surface area contributed by atoms with E-state index in [2.05, 4.69) is 24.0 Å². The van der Waals surface area contributed by atoms with Crippen molar-refractivity contribution in [2.45, 2.75) is 38.4 Å². The third kappa shape index (κ3) is 4.44. The van der Waals surface area contributed by atoms with E-state index in [4.69, 9.17) is 16.6 Å². The molecule has 2 heterocycles. The summed E-state index contributed by atoms with van der Waals surface area (Å²) in [6.07, 6.45) is 5.72. The molecule has 1 N–H and O–H groups in total. The van der Waals surface area contributed by atoms with E-state index in [1.807, 2.05) is 18.5 Å². The molecule has 0 fully saturated rings. The van der Waals surface area contributed by atoms with Crippen LogP contribution in [0.1, 0.15) is 25.8 Å². The van der Waals surface area contributed by atoms with Crippen LogP contribution >= 0.6 is 23.4 Å². The summed E-state index contributed by atoms with van der Waals surface area (Å²) in [5.74, 6) is 1.26. The average Bonchev–Trinajstić information content (AvgIpc) is 3.08. The number of hydrogen-bond acceptors (Lipinski definition) is 4. The molecule has 0 unspecified atom stereocenters. The summed E-state index contributed by atoms with van der Waals surface area (Å²) in [6, 6.07) is 5.29. The number of rotatable bonds is 7. The summed E-state index contributed by atoms with van der Waals surface area (Å²) in [4.78, 5) is 17.6. The lowest BCUT2D eigenvalue weighted by Gasteiger charge is -2.15. The van der Waals surface area contributed by atoms with Gasteiger partial charge in [-0.3, -0.25) is 14.5 Å². The molecule has 0 radical (unpaired) electrons. The van der Waals surface area contributed by atoms with Gasteiger partial charge in [-0.25, -0.2) is 4.98 Å². The molecule has 0 spiro atoms. The zero-order chi connectivity index (χ0) is 17.8. The third-order valence-electron chi connectivity index (χ3n) is 3.82. The number of fused-ring (bicyclic) bond motifs is 1. The van der Waals surface area contributed by atoms with Gasteiger partial charge in [0.25, 0.3) is 5.56 Å². The SMILES string of the molecule is CC(C)Cn1c(SCCCc2cn[nH]c2)nc2ccc(Cl)cc2c1=O. The van der Waals surface area contributed by atoms with Gasteiger partial charge in [0.2, 0.25) is 0 Å². The molecule has 7 heteroatoms. The lowest BCUT2D eigenvalue weighted by atomic mass is 10.2. The summed E-state index contributed by atoms with van der Waals surface area (Å²) in [6.45, 7) is 4.85. The molecule has 3 aromatic rings.